The van der Waals surface area contributed by atoms with Gasteiger partial charge in [-0.1, -0.05) is 26.7 Å². The Morgan fingerprint density at radius 3 is 2.53 bits per heavy atom. The molecule has 2 N–H and O–H groups in total. The van der Waals surface area contributed by atoms with Crippen LogP contribution in [-0.4, -0.2) is 48.2 Å². The molecule has 5 saturated carbocycles. The molecule has 5 fully saturated rings. The molecule has 0 aliphatic heterocycles. The summed E-state index contributed by atoms with van der Waals surface area (Å²) in [5, 5.41) is 5.82. The summed E-state index contributed by atoms with van der Waals surface area (Å²) in [7, 11) is 0. The number of rotatable bonds is 7. The van der Waals surface area contributed by atoms with E-state index in [0.29, 0.717) is 24.7 Å². The van der Waals surface area contributed by atoms with Crippen molar-refractivity contribution in [3.8, 4) is 0 Å². The van der Waals surface area contributed by atoms with E-state index in [2.05, 4.69) is 24.5 Å². The Balaban J connectivity index is 1.15. The first kappa shape index (κ1) is 22.3. The van der Waals surface area contributed by atoms with Gasteiger partial charge in [-0.2, -0.15) is 0 Å². The lowest BCUT2D eigenvalue weighted by Crippen LogP contribution is -2.78. The van der Waals surface area contributed by atoms with Crippen molar-refractivity contribution >= 4 is 23.4 Å². The molecular formula is C23H36ClFN2O3. The second-order valence-corrected chi connectivity index (χ2v) is 11.3. The van der Waals surface area contributed by atoms with E-state index < -0.39 is 11.5 Å². The molecule has 2 amide bonds. The van der Waals surface area contributed by atoms with Crippen LogP contribution in [0.3, 0.4) is 0 Å². The van der Waals surface area contributed by atoms with Crippen molar-refractivity contribution in [1.29, 1.82) is 0 Å². The maximum atomic E-state index is 13.7. The highest BCUT2D eigenvalue weighted by atomic mass is 35.5. The summed E-state index contributed by atoms with van der Waals surface area (Å²) in [4.78, 5) is 25.0. The lowest BCUT2D eigenvalue weighted by Gasteiger charge is -2.69. The number of carbonyl (C=O) groups is 2. The van der Waals surface area contributed by atoms with Crippen molar-refractivity contribution in [3.63, 3.8) is 0 Å². The smallest absolute Gasteiger partial charge is 0.246 e. The third-order valence-electron chi connectivity index (χ3n) is 8.16. The van der Waals surface area contributed by atoms with Crippen LogP contribution in [0.25, 0.3) is 0 Å². The summed E-state index contributed by atoms with van der Waals surface area (Å²) in [6.07, 6.45) is 6.13. The molecular weight excluding hydrogens is 407 g/mol. The highest BCUT2D eigenvalue weighted by molar-refractivity contribution is 6.21. The number of alkyl halides is 2. The van der Waals surface area contributed by atoms with Crippen LogP contribution in [0.1, 0.15) is 71.6 Å². The zero-order chi connectivity index (χ0) is 21.5. The minimum atomic E-state index is -1.07. The molecule has 170 valence electrons. The monoisotopic (exact) mass is 442 g/mol. The molecule has 6 unspecified atom stereocenters. The van der Waals surface area contributed by atoms with Crippen LogP contribution in [0.5, 0.6) is 0 Å². The molecule has 0 saturated heterocycles. The molecule has 30 heavy (non-hydrogen) atoms. The van der Waals surface area contributed by atoms with Gasteiger partial charge >= 0.3 is 0 Å². The van der Waals surface area contributed by atoms with E-state index in [1.54, 1.807) is 0 Å². The normalized spacial score (nSPS) is 45.1. The largest absolute Gasteiger partial charge is 0.368 e. The first-order valence-corrected chi connectivity index (χ1v) is 12.1. The molecule has 2 bridgehead atoms. The van der Waals surface area contributed by atoms with Crippen molar-refractivity contribution in [1.82, 2.24) is 10.6 Å². The van der Waals surface area contributed by atoms with Gasteiger partial charge in [-0.05, 0) is 56.3 Å². The van der Waals surface area contributed by atoms with Crippen LogP contribution in [0.2, 0.25) is 0 Å². The predicted octanol–water partition coefficient (Wildman–Crippen LogP) is 3.73. The zero-order valence-electron chi connectivity index (χ0n) is 18.2. The van der Waals surface area contributed by atoms with Gasteiger partial charge in [0.05, 0.1) is 16.9 Å². The number of halogens is 2. The first-order valence-electron chi connectivity index (χ1n) is 11.7. The molecule has 5 nitrogen and oxygen atoms in total. The zero-order valence-corrected chi connectivity index (χ0v) is 19.0. The molecule has 0 aromatic carbocycles. The van der Waals surface area contributed by atoms with Crippen LogP contribution < -0.4 is 10.6 Å². The van der Waals surface area contributed by atoms with Gasteiger partial charge in [0.2, 0.25) is 11.8 Å². The summed E-state index contributed by atoms with van der Waals surface area (Å²) in [6.45, 7) is 5.32. The van der Waals surface area contributed by atoms with E-state index in [4.69, 9.17) is 16.3 Å². The number of hydrogen-bond donors (Lipinski definition) is 2. The van der Waals surface area contributed by atoms with Gasteiger partial charge in [0.1, 0.15) is 12.8 Å². The summed E-state index contributed by atoms with van der Waals surface area (Å²) >= 11 is 5.89. The second kappa shape index (κ2) is 8.57. The Hall–Kier alpha value is -0.880. The SMILES string of the molecule is CC1CCC(C)C(CNC(=O)C23CC(NC(=O)COC4CCC(Cl)C(F)C4)(C2)C3)C1. The van der Waals surface area contributed by atoms with Crippen molar-refractivity contribution < 1.29 is 18.7 Å². The Kier molecular flexibility index (Phi) is 6.38. The fraction of sp³-hybridized carbons (Fsp3) is 0.913. The lowest BCUT2D eigenvalue weighted by molar-refractivity contribution is -0.185. The fourth-order valence-corrected chi connectivity index (χ4v) is 6.46. The average molecular weight is 443 g/mol. The van der Waals surface area contributed by atoms with Crippen LogP contribution in [0.4, 0.5) is 4.39 Å². The summed E-state index contributed by atoms with van der Waals surface area (Å²) in [5.41, 5.74) is -0.515. The number of ether oxygens (including phenoxy) is 1. The molecule has 0 radical (unpaired) electrons. The molecule has 7 heteroatoms. The fourth-order valence-electron chi connectivity index (χ4n) is 6.23. The third-order valence-corrected chi connectivity index (χ3v) is 8.65. The van der Waals surface area contributed by atoms with E-state index >= 15 is 0 Å². The highest BCUT2D eigenvalue weighted by Crippen LogP contribution is 2.67. The van der Waals surface area contributed by atoms with E-state index in [1.807, 2.05) is 0 Å². The van der Waals surface area contributed by atoms with E-state index in [9.17, 15) is 14.0 Å². The van der Waals surface area contributed by atoms with Crippen molar-refractivity contribution in [2.24, 2.45) is 23.2 Å². The van der Waals surface area contributed by atoms with Gasteiger partial charge in [0.25, 0.3) is 0 Å². The Morgan fingerprint density at radius 2 is 1.83 bits per heavy atom. The van der Waals surface area contributed by atoms with Gasteiger partial charge in [-0.25, -0.2) is 4.39 Å². The number of nitrogens with one attached hydrogen (secondary N) is 2. The van der Waals surface area contributed by atoms with Gasteiger partial charge in [-0.3, -0.25) is 9.59 Å². The van der Waals surface area contributed by atoms with Gasteiger partial charge < -0.3 is 15.4 Å². The molecule has 0 spiro atoms. The Labute approximate surface area is 184 Å². The molecule has 0 aromatic heterocycles. The minimum Gasteiger partial charge on any atom is -0.368 e. The molecule has 6 atom stereocenters. The maximum Gasteiger partial charge on any atom is 0.246 e. The standard InChI is InChI=1S/C23H36ClFN2O3/c1-14-3-4-15(2)16(7-14)9-26-21(29)22-11-23(12-22,13-22)27-20(28)10-30-17-5-6-18(24)19(25)8-17/h14-19H,3-13H2,1-2H3,(H,26,29)(H,27,28). The number of carbonyl (C=O) groups excluding carboxylic acids is 2. The maximum absolute atomic E-state index is 13.7. The van der Waals surface area contributed by atoms with E-state index in [-0.39, 0.29) is 41.9 Å². The molecule has 5 aliphatic carbocycles. The van der Waals surface area contributed by atoms with Crippen molar-refractivity contribution in [2.75, 3.05) is 13.2 Å². The molecule has 5 rings (SSSR count). The summed E-state index contributed by atoms with van der Waals surface area (Å²) < 4.78 is 19.3. The topological polar surface area (TPSA) is 67.4 Å². The van der Waals surface area contributed by atoms with E-state index in [0.717, 1.165) is 31.7 Å². The van der Waals surface area contributed by atoms with Gasteiger partial charge in [0, 0.05) is 18.5 Å². The first-order chi connectivity index (χ1) is 14.2. The molecule has 0 heterocycles. The number of hydrogen-bond acceptors (Lipinski definition) is 3. The average Bonchev–Trinajstić information content (AvgIpc) is 2.65. The second-order valence-electron chi connectivity index (χ2n) is 10.8. The van der Waals surface area contributed by atoms with Gasteiger partial charge in [-0.15, -0.1) is 11.6 Å². The Morgan fingerprint density at radius 1 is 1.10 bits per heavy atom. The van der Waals surface area contributed by atoms with Crippen molar-refractivity contribution in [2.45, 2.75) is 94.8 Å². The number of amides is 2. The van der Waals surface area contributed by atoms with E-state index in [1.165, 1.54) is 19.3 Å². The van der Waals surface area contributed by atoms with Crippen LogP contribution in [0, 0.1) is 23.2 Å². The minimum absolute atomic E-state index is 0.0525. The summed E-state index contributed by atoms with van der Waals surface area (Å²) in [6, 6.07) is 0. The van der Waals surface area contributed by atoms with Crippen LogP contribution in [0.15, 0.2) is 0 Å². The quantitative estimate of drug-likeness (QED) is 0.590. The third kappa shape index (κ3) is 4.50. The molecule has 5 aliphatic rings. The van der Waals surface area contributed by atoms with Crippen LogP contribution >= 0.6 is 11.6 Å². The Bertz CT molecular complexity index is 655. The molecule has 0 aromatic rings. The summed E-state index contributed by atoms with van der Waals surface area (Å²) in [5.74, 6) is 1.99. The predicted molar refractivity (Wildman–Crippen MR) is 114 cm³/mol. The highest BCUT2D eigenvalue weighted by Gasteiger charge is 2.72. The van der Waals surface area contributed by atoms with Gasteiger partial charge in [0.15, 0.2) is 0 Å². The van der Waals surface area contributed by atoms with Crippen molar-refractivity contribution in [3.05, 3.63) is 0 Å². The lowest BCUT2D eigenvalue weighted by atomic mass is 9.39. The van der Waals surface area contributed by atoms with Crippen LogP contribution in [-0.2, 0) is 14.3 Å².